The summed E-state index contributed by atoms with van der Waals surface area (Å²) < 4.78 is 12.8. The summed E-state index contributed by atoms with van der Waals surface area (Å²) in [4.78, 5) is 28.0. The van der Waals surface area contributed by atoms with Crippen LogP contribution in [0.4, 0.5) is 0 Å². The van der Waals surface area contributed by atoms with Crippen LogP contribution in [-0.4, -0.2) is 34.6 Å². The number of benzene rings is 2. The van der Waals surface area contributed by atoms with Crippen molar-refractivity contribution in [3.05, 3.63) is 73.5 Å². The standard InChI is InChI=1S/C29H32BrNO5/c1-18-22-10-11-25(35-17-20-7-3-4-9-24(20)30)19(2)27(22)36-28(33)23(18)15-26(32)31-14-13-29(34)12-6-5-8-21(29)16-31/h3-4,7,9-11,21,34H,5-6,8,12-17H2,1-2H3. The lowest BCUT2D eigenvalue weighted by molar-refractivity contribution is -0.142. The lowest BCUT2D eigenvalue weighted by Gasteiger charge is -2.47. The van der Waals surface area contributed by atoms with Gasteiger partial charge in [0, 0.05) is 40.0 Å². The maximum absolute atomic E-state index is 13.2. The number of likely N-dealkylation sites (tertiary alicyclic amines) is 1. The van der Waals surface area contributed by atoms with Gasteiger partial charge in [-0.15, -0.1) is 0 Å². The summed E-state index contributed by atoms with van der Waals surface area (Å²) in [6, 6.07) is 11.7. The zero-order chi connectivity index (χ0) is 25.4. The SMILES string of the molecule is Cc1c(CC(=O)N2CCC3(O)CCCCC3C2)c(=O)oc2c(C)c(OCc3ccccc3Br)ccc12. The summed E-state index contributed by atoms with van der Waals surface area (Å²) in [5.41, 5.74) is 2.31. The van der Waals surface area contributed by atoms with E-state index < -0.39 is 11.2 Å². The van der Waals surface area contributed by atoms with Crippen LogP contribution in [0.2, 0.25) is 0 Å². The number of ether oxygens (including phenoxy) is 1. The van der Waals surface area contributed by atoms with Crippen molar-refractivity contribution >= 4 is 32.8 Å². The quantitative estimate of drug-likeness (QED) is 0.425. The summed E-state index contributed by atoms with van der Waals surface area (Å²) in [6.45, 7) is 5.23. The zero-order valence-corrected chi connectivity index (χ0v) is 22.4. The molecule has 0 bridgehead atoms. The number of hydrogen-bond acceptors (Lipinski definition) is 5. The van der Waals surface area contributed by atoms with E-state index in [0.29, 0.717) is 43.0 Å². The van der Waals surface area contributed by atoms with Gasteiger partial charge < -0.3 is 19.2 Å². The second kappa shape index (κ2) is 10.0. The average Bonchev–Trinajstić information content (AvgIpc) is 2.86. The van der Waals surface area contributed by atoms with E-state index in [0.717, 1.165) is 52.2 Å². The van der Waals surface area contributed by atoms with Crippen LogP contribution in [0.3, 0.4) is 0 Å². The van der Waals surface area contributed by atoms with Crippen LogP contribution in [0.1, 0.15) is 54.4 Å². The van der Waals surface area contributed by atoms with Gasteiger partial charge in [-0.3, -0.25) is 4.79 Å². The van der Waals surface area contributed by atoms with Gasteiger partial charge in [-0.25, -0.2) is 4.79 Å². The Morgan fingerprint density at radius 2 is 1.97 bits per heavy atom. The van der Waals surface area contributed by atoms with Crippen LogP contribution >= 0.6 is 15.9 Å². The molecule has 0 spiro atoms. The fraction of sp³-hybridized carbons (Fsp3) is 0.448. The second-order valence-electron chi connectivity index (χ2n) is 10.3. The van der Waals surface area contributed by atoms with Crippen molar-refractivity contribution in [1.82, 2.24) is 4.90 Å². The molecule has 1 N–H and O–H groups in total. The van der Waals surface area contributed by atoms with Crippen molar-refractivity contribution in [3.8, 4) is 5.75 Å². The van der Waals surface area contributed by atoms with Gasteiger partial charge in [-0.1, -0.05) is 47.0 Å². The number of hydrogen-bond donors (Lipinski definition) is 1. The molecule has 1 aliphatic heterocycles. The van der Waals surface area contributed by atoms with Crippen LogP contribution in [-0.2, 0) is 17.8 Å². The summed E-state index contributed by atoms with van der Waals surface area (Å²) in [7, 11) is 0. The Balaban J connectivity index is 1.35. The first-order valence-electron chi connectivity index (χ1n) is 12.7. The molecule has 190 valence electrons. The predicted octanol–water partition coefficient (Wildman–Crippen LogP) is 5.45. The van der Waals surface area contributed by atoms with Crippen molar-refractivity contribution in [2.45, 2.75) is 64.6 Å². The van der Waals surface area contributed by atoms with Crippen molar-refractivity contribution in [3.63, 3.8) is 0 Å². The molecule has 0 radical (unpaired) electrons. The summed E-state index contributed by atoms with van der Waals surface area (Å²) in [5, 5.41) is 11.7. The van der Waals surface area contributed by atoms with E-state index in [2.05, 4.69) is 15.9 Å². The molecule has 1 aliphatic carbocycles. The topological polar surface area (TPSA) is 80.0 Å². The number of piperidine rings is 1. The van der Waals surface area contributed by atoms with Crippen molar-refractivity contribution in [1.29, 1.82) is 0 Å². The Morgan fingerprint density at radius 1 is 1.17 bits per heavy atom. The van der Waals surface area contributed by atoms with Crippen LogP contribution in [0.15, 0.2) is 50.1 Å². The molecule has 1 saturated heterocycles. The highest BCUT2D eigenvalue weighted by atomic mass is 79.9. The first-order chi connectivity index (χ1) is 17.3. The van der Waals surface area contributed by atoms with Crippen molar-refractivity contribution in [2.75, 3.05) is 13.1 Å². The number of nitrogens with zero attached hydrogens (tertiary/aromatic N) is 1. The van der Waals surface area contributed by atoms with Crippen molar-refractivity contribution in [2.24, 2.45) is 5.92 Å². The smallest absolute Gasteiger partial charge is 0.340 e. The molecule has 1 amide bonds. The zero-order valence-electron chi connectivity index (χ0n) is 20.8. The van der Waals surface area contributed by atoms with E-state index in [1.54, 1.807) is 0 Å². The number of rotatable bonds is 5. The molecular formula is C29H32BrNO5. The molecule has 1 aromatic heterocycles. The van der Waals surface area contributed by atoms with Gasteiger partial charge in [0.2, 0.25) is 5.91 Å². The van der Waals surface area contributed by atoms with E-state index in [9.17, 15) is 14.7 Å². The highest BCUT2D eigenvalue weighted by molar-refractivity contribution is 9.10. The van der Waals surface area contributed by atoms with Crippen LogP contribution in [0.25, 0.3) is 11.0 Å². The average molecular weight is 554 g/mol. The fourth-order valence-electron chi connectivity index (χ4n) is 5.76. The minimum atomic E-state index is -0.638. The molecule has 2 aromatic carbocycles. The van der Waals surface area contributed by atoms with Crippen LogP contribution in [0.5, 0.6) is 5.75 Å². The van der Waals surface area contributed by atoms with Gasteiger partial charge in [0.15, 0.2) is 0 Å². The third-order valence-corrected chi connectivity index (χ3v) is 8.88. The minimum absolute atomic E-state index is 0.00852. The number of carbonyl (C=O) groups excluding carboxylic acids is 1. The Kier molecular flexibility index (Phi) is 6.97. The highest BCUT2D eigenvalue weighted by Crippen LogP contribution is 2.40. The van der Waals surface area contributed by atoms with Gasteiger partial charge in [0.1, 0.15) is 17.9 Å². The minimum Gasteiger partial charge on any atom is -0.488 e. The Morgan fingerprint density at radius 3 is 2.78 bits per heavy atom. The molecule has 7 heteroatoms. The maximum Gasteiger partial charge on any atom is 0.340 e. The summed E-state index contributed by atoms with van der Waals surface area (Å²) in [6.07, 6.45) is 4.53. The van der Waals surface area contributed by atoms with E-state index >= 15 is 0 Å². The molecule has 2 unspecified atom stereocenters. The highest BCUT2D eigenvalue weighted by Gasteiger charge is 2.43. The normalized spacial score (nSPS) is 21.9. The van der Waals surface area contributed by atoms with Crippen LogP contribution < -0.4 is 10.4 Å². The fourth-order valence-corrected chi connectivity index (χ4v) is 6.16. The first-order valence-corrected chi connectivity index (χ1v) is 13.5. The molecule has 36 heavy (non-hydrogen) atoms. The third-order valence-electron chi connectivity index (χ3n) is 8.10. The second-order valence-corrected chi connectivity index (χ2v) is 11.1. The Hall–Kier alpha value is -2.64. The number of aryl methyl sites for hydroxylation is 2. The maximum atomic E-state index is 13.2. The van der Waals surface area contributed by atoms with E-state index in [4.69, 9.17) is 9.15 Å². The monoisotopic (exact) mass is 553 g/mol. The van der Waals surface area contributed by atoms with Crippen molar-refractivity contribution < 1.29 is 19.1 Å². The molecule has 1 saturated carbocycles. The molecule has 6 nitrogen and oxygen atoms in total. The molecule has 2 heterocycles. The summed E-state index contributed by atoms with van der Waals surface area (Å²) >= 11 is 3.54. The van der Waals surface area contributed by atoms with E-state index in [1.807, 2.05) is 55.1 Å². The largest absolute Gasteiger partial charge is 0.488 e. The molecule has 2 aliphatic rings. The number of halogens is 1. The van der Waals surface area contributed by atoms with Gasteiger partial charge in [0.25, 0.3) is 0 Å². The van der Waals surface area contributed by atoms with Gasteiger partial charge in [0.05, 0.1) is 17.6 Å². The van der Waals surface area contributed by atoms with Gasteiger partial charge >= 0.3 is 5.63 Å². The lowest BCUT2D eigenvalue weighted by atomic mass is 9.71. The molecule has 3 aromatic rings. The third kappa shape index (κ3) is 4.71. The lowest BCUT2D eigenvalue weighted by Crippen LogP contribution is -2.55. The molecule has 5 rings (SSSR count). The Bertz CT molecular complexity index is 1370. The molecular weight excluding hydrogens is 522 g/mol. The predicted molar refractivity (Wildman–Crippen MR) is 142 cm³/mol. The number of carbonyl (C=O) groups is 1. The van der Waals surface area contributed by atoms with Crippen LogP contribution in [0, 0.1) is 19.8 Å². The number of amides is 1. The molecule has 2 atom stereocenters. The van der Waals surface area contributed by atoms with E-state index in [1.165, 1.54) is 0 Å². The van der Waals surface area contributed by atoms with Gasteiger partial charge in [-0.05, 0) is 56.9 Å². The number of fused-ring (bicyclic) bond motifs is 2. The van der Waals surface area contributed by atoms with E-state index in [-0.39, 0.29) is 18.2 Å². The van der Waals surface area contributed by atoms with Gasteiger partial charge in [-0.2, -0.15) is 0 Å². The first kappa shape index (κ1) is 25.0. The molecule has 2 fully saturated rings. The Labute approximate surface area is 219 Å². The number of aliphatic hydroxyl groups is 1. The summed E-state index contributed by atoms with van der Waals surface area (Å²) in [5.74, 6) is 0.691.